The van der Waals surface area contributed by atoms with Gasteiger partial charge in [-0.25, -0.2) is 4.98 Å². The first-order valence-corrected chi connectivity index (χ1v) is 7.11. The number of ether oxygens (including phenoxy) is 1. The van der Waals surface area contributed by atoms with E-state index in [0.29, 0.717) is 0 Å². The number of hydrogen-bond donors (Lipinski definition) is 1. The zero-order chi connectivity index (χ0) is 13.9. The van der Waals surface area contributed by atoms with Crippen molar-refractivity contribution in [1.82, 2.24) is 4.98 Å². The highest BCUT2D eigenvalue weighted by Crippen LogP contribution is 2.35. The van der Waals surface area contributed by atoms with E-state index < -0.39 is 0 Å². The predicted molar refractivity (Wildman–Crippen MR) is 84.0 cm³/mol. The normalized spacial score (nSPS) is 10.4. The Morgan fingerprint density at radius 1 is 1.00 bits per heavy atom. The highest BCUT2D eigenvalue weighted by molar-refractivity contribution is 7.13. The fourth-order valence-corrected chi connectivity index (χ4v) is 2.92. The molecule has 1 aromatic heterocycles. The van der Waals surface area contributed by atoms with Gasteiger partial charge in [-0.3, -0.25) is 0 Å². The molecule has 2 aromatic carbocycles. The number of para-hydroxylation sites is 2. The maximum Gasteiger partial charge on any atom is 0.129 e. The molecule has 0 saturated heterocycles. The minimum atomic E-state index is 0.740. The van der Waals surface area contributed by atoms with E-state index in [-0.39, 0.29) is 0 Å². The Balaban J connectivity index is 2.05. The van der Waals surface area contributed by atoms with Gasteiger partial charge in [-0.2, -0.15) is 0 Å². The zero-order valence-electron chi connectivity index (χ0n) is 11.0. The first kappa shape index (κ1) is 12.7. The van der Waals surface area contributed by atoms with E-state index >= 15 is 0 Å². The summed E-state index contributed by atoms with van der Waals surface area (Å²) >= 11 is 1.59. The van der Waals surface area contributed by atoms with Crippen LogP contribution in [-0.4, -0.2) is 12.1 Å². The van der Waals surface area contributed by atoms with Crippen molar-refractivity contribution in [3.63, 3.8) is 0 Å². The molecule has 2 N–H and O–H groups in total. The molecular weight excluding hydrogens is 268 g/mol. The molecule has 0 amide bonds. The van der Waals surface area contributed by atoms with Crippen molar-refractivity contribution in [2.24, 2.45) is 0 Å². The predicted octanol–water partition coefficient (Wildman–Crippen LogP) is 4.07. The Hall–Kier alpha value is -2.33. The lowest BCUT2D eigenvalue weighted by atomic mass is 10.1. The Labute approximate surface area is 121 Å². The summed E-state index contributed by atoms with van der Waals surface area (Å²) in [4.78, 5) is 4.68. The third-order valence-electron chi connectivity index (χ3n) is 3.08. The SMILES string of the molecule is COc1ccccc1-c1nc(-c2ccccc2N)cs1. The van der Waals surface area contributed by atoms with Crippen LogP contribution in [0.2, 0.25) is 0 Å². The van der Waals surface area contributed by atoms with Crippen LogP contribution in [0.4, 0.5) is 5.69 Å². The quantitative estimate of drug-likeness (QED) is 0.737. The minimum absolute atomic E-state index is 0.740. The largest absolute Gasteiger partial charge is 0.496 e. The van der Waals surface area contributed by atoms with E-state index in [4.69, 9.17) is 10.5 Å². The van der Waals surface area contributed by atoms with Crippen LogP contribution in [-0.2, 0) is 0 Å². The highest BCUT2D eigenvalue weighted by Gasteiger charge is 2.11. The van der Waals surface area contributed by atoms with Crippen molar-refractivity contribution in [3.05, 3.63) is 53.9 Å². The summed E-state index contributed by atoms with van der Waals surface area (Å²) in [7, 11) is 1.67. The smallest absolute Gasteiger partial charge is 0.129 e. The topological polar surface area (TPSA) is 48.1 Å². The summed E-state index contributed by atoms with van der Waals surface area (Å²) in [6.07, 6.45) is 0. The van der Waals surface area contributed by atoms with E-state index in [1.807, 2.05) is 53.9 Å². The molecule has 0 saturated carbocycles. The molecule has 1 heterocycles. The van der Waals surface area contributed by atoms with E-state index in [2.05, 4.69) is 4.98 Å². The summed E-state index contributed by atoms with van der Waals surface area (Å²) < 4.78 is 5.38. The van der Waals surface area contributed by atoms with Gasteiger partial charge in [-0.1, -0.05) is 30.3 Å². The number of nitrogens with zero attached hydrogens (tertiary/aromatic N) is 1. The lowest BCUT2D eigenvalue weighted by molar-refractivity contribution is 0.416. The lowest BCUT2D eigenvalue weighted by Crippen LogP contribution is -1.90. The van der Waals surface area contributed by atoms with Gasteiger partial charge in [0.05, 0.1) is 18.4 Å². The number of anilines is 1. The molecule has 3 aromatic rings. The summed E-state index contributed by atoms with van der Waals surface area (Å²) in [5.74, 6) is 0.828. The van der Waals surface area contributed by atoms with Gasteiger partial charge in [-0.15, -0.1) is 11.3 Å². The van der Waals surface area contributed by atoms with Crippen LogP contribution in [0.3, 0.4) is 0 Å². The second-order valence-corrected chi connectivity index (χ2v) is 5.18. The number of rotatable bonds is 3. The van der Waals surface area contributed by atoms with Gasteiger partial charge < -0.3 is 10.5 Å². The van der Waals surface area contributed by atoms with Crippen molar-refractivity contribution >= 4 is 17.0 Å². The summed E-state index contributed by atoms with van der Waals surface area (Å²) in [6.45, 7) is 0. The summed E-state index contributed by atoms with van der Waals surface area (Å²) in [5.41, 5.74) is 9.60. The number of methoxy groups -OCH3 is 1. The maximum atomic E-state index is 6.00. The third kappa shape index (κ3) is 2.26. The van der Waals surface area contributed by atoms with Gasteiger partial charge in [0.2, 0.25) is 0 Å². The molecular formula is C16H14N2OS. The molecule has 0 unspecified atom stereocenters. The molecule has 0 bridgehead atoms. The molecule has 0 aliphatic carbocycles. The average molecular weight is 282 g/mol. The van der Waals surface area contributed by atoms with Crippen molar-refractivity contribution in [3.8, 4) is 27.6 Å². The zero-order valence-corrected chi connectivity index (χ0v) is 11.9. The molecule has 0 radical (unpaired) electrons. The molecule has 3 rings (SSSR count). The molecule has 0 atom stereocenters. The molecule has 3 nitrogen and oxygen atoms in total. The van der Waals surface area contributed by atoms with Crippen molar-refractivity contribution < 1.29 is 4.74 Å². The van der Waals surface area contributed by atoms with Crippen molar-refractivity contribution in [2.75, 3.05) is 12.8 Å². The van der Waals surface area contributed by atoms with Gasteiger partial charge in [0.25, 0.3) is 0 Å². The van der Waals surface area contributed by atoms with E-state index in [1.54, 1.807) is 18.4 Å². The standard InChI is InChI=1S/C16H14N2OS/c1-19-15-9-5-3-7-12(15)16-18-14(10-20-16)11-6-2-4-8-13(11)17/h2-10H,17H2,1H3. The van der Waals surface area contributed by atoms with Crippen LogP contribution in [0, 0.1) is 0 Å². The van der Waals surface area contributed by atoms with Gasteiger partial charge >= 0.3 is 0 Å². The summed E-state index contributed by atoms with van der Waals surface area (Å²) in [5, 5.41) is 2.95. The van der Waals surface area contributed by atoms with Crippen LogP contribution in [0.1, 0.15) is 0 Å². The first-order chi connectivity index (χ1) is 9.79. The number of nitrogens with two attached hydrogens (primary N) is 1. The first-order valence-electron chi connectivity index (χ1n) is 6.23. The van der Waals surface area contributed by atoms with E-state index in [9.17, 15) is 0 Å². The Morgan fingerprint density at radius 2 is 1.70 bits per heavy atom. The third-order valence-corrected chi connectivity index (χ3v) is 3.95. The van der Waals surface area contributed by atoms with Crippen LogP contribution in [0.25, 0.3) is 21.8 Å². The number of aromatic nitrogens is 1. The van der Waals surface area contributed by atoms with Crippen LogP contribution >= 0.6 is 11.3 Å². The number of hydrogen-bond acceptors (Lipinski definition) is 4. The summed E-state index contributed by atoms with van der Waals surface area (Å²) in [6, 6.07) is 15.6. The lowest BCUT2D eigenvalue weighted by Gasteiger charge is -2.05. The van der Waals surface area contributed by atoms with Gasteiger partial charge in [0.15, 0.2) is 0 Å². The monoisotopic (exact) mass is 282 g/mol. The highest BCUT2D eigenvalue weighted by atomic mass is 32.1. The number of benzene rings is 2. The molecule has 0 aliphatic heterocycles. The second-order valence-electron chi connectivity index (χ2n) is 4.33. The van der Waals surface area contributed by atoms with Crippen molar-refractivity contribution in [2.45, 2.75) is 0 Å². The van der Waals surface area contributed by atoms with Gasteiger partial charge in [0.1, 0.15) is 10.8 Å². The molecule has 0 fully saturated rings. The number of nitrogen functional groups attached to an aromatic ring is 1. The molecule has 0 aliphatic rings. The van der Waals surface area contributed by atoms with Crippen LogP contribution < -0.4 is 10.5 Å². The molecule has 4 heteroatoms. The Kier molecular flexibility index (Phi) is 3.39. The Bertz CT molecular complexity index is 737. The van der Waals surface area contributed by atoms with Crippen LogP contribution in [0.5, 0.6) is 5.75 Å². The van der Waals surface area contributed by atoms with Crippen LogP contribution in [0.15, 0.2) is 53.9 Å². The van der Waals surface area contributed by atoms with Crippen molar-refractivity contribution in [1.29, 1.82) is 0 Å². The van der Waals surface area contributed by atoms with Gasteiger partial charge in [-0.05, 0) is 18.2 Å². The Morgan fingerprint density at radius 3 is 2.45 bits per heavy atom. The molecule has 0 spiro atoms. The fourth-order valence-electron chi connectivity index (χ4n) is 2.07. The molecule has 100 valence electrons. The van der Waals surface area contributed by atoms with Gasteiger partial charge in [0, 0.05) is 16.6 Å². The maximum absolute atomic E-state index is 6.00. The molecule has 20 heavy (non-hydrogen) atoms. The average Bonchev–Trinajstić information content (AvgIpc) is 2.97. The van der Waals surface area contributed by atoms with E-state index in [0.717, 1.165) is 33.3 Å². The fraction of sp³-hybridized carbons (Fsp3) is 0.0625. The van der Waals surface area contributed by atoms with E-state index in [1.165, 1.54) is 0 Å². The minimum Gasteiger partial charge on any atom is -0.496 e. The number of thiazole rings is 1. The second kappa shape index (κ2) is 5.35.